The summed E-state index contributed by atoms with van der Waals surface area (Å²) in [5.41, 5.74) is 8.84. The molecule has 0 saturated carbocycles. The van der Waals surface area contributed by atoms with Gasteiger partial charge in [-0.2, -0.15) is 0 Å². The maximum atomic E-state index is 13.1. The smallest absolute Gasteiger partial charge is 0.229 e. The Hall–Kier alpha value is -2.37. The van der Waals surface area contributed by atoms with E-state index in [1.807, 2.05) is 29.2 Å². The molecule has 1 amide bonds. The van der Waals surface area contributed by atoms with E-state index in [2.05, 4.69) is 52.1 Å². The molecule has 5 heteroatoms. The van der Waals surface area contributed by atoms with Crippen molar-refractivity contribution in [1.82, 2.24) is 15.8 Å². The van der Waals surface area contributed by atoms with E-state index >= 15 is 0 Å². The van der Waals surface area contributed by atoms with Gasteiger partial charge in [0.1, 0.15) is 0 Å². The highest BCUT2D eigenvalue weighted by molar-refractivity contribution is 5.80. The number of nitrogens with one attached hydrogen (secondary N) is 2. The van der Waals surface area contributed by atoms with Crippen molar-refractivity contribution in [2.45, 2.75) is 6.04 Å². The van der Waals surface area contributed by atoms with Crippen molar-refractivity contribution in [2.24, 2.45) is 5.92 Å². The summed E-state index contributed by atoms with van der Waals surface area (Å²) >= 11 is 0. The monoisotopic (exact) mass is 336 g/mol. The molecule has 2 unspecified atom stereocenters. The second kappa shape index (κ2) is 7.25. The quantitative estimate of drug-likeness (QED) is 0.897. The number of piperazine rings is 1. The third-order valence-corrected chi connectivity index (χ3v) is 5.17. The molecule has 2 aliphatic rings. The Kier molecular flexibility index (Phi) is 4.68. The zero-order valence-corrected chi connectivity index (χ0v) is 14.3. The van der Waals surface area contributed by atoms with Gasteiger partial charge in [0.2, 0.25) is 5.91 Å². The number of hydrazine groups is 1. The molecule has 25 heavy (non-hydrogen) atoms. The van der Waals surface area contributed by atoms with Crippen LogP contribution in [-0.4, -0.2) is 43.5 Å². The molecule has 0 bridgehead atoms. The van der Waals surface area contributed by atoms with Crippen molar-refractivity contribution in [3.05, 3.63) is 66.2 Å². The highest BCUT2D eigenvalue weighted by atomic mass is 16.2. The number of anilines is 1. The van der Waals surface area contributed by atoms with Crippen LogP contribution < -0.4 is 15.8 Å². The fourth-order valence-electron chi connectivity index (χ4n) is 3.76. The lowest BCUT2D eigenvalue weighted by Gasteiger charge is -2.37. The predicted molar refractivity (Wildman–Crippen MR) is 99.0 cm³/mol. The number of hydrogen-bond acceptors (Lipinski definition) is 4. The highest BCUT2D eigenvalue weighted by Crippen LogP contribution is 2.27. The largest absolute Gasteiger partial charge is 0.368 e. The van der Waals surface area contributed by atoms with Crippen molar-refractivity contribution in [3.63, 3.8) is 0 Å². The number of amides is 1. The summed E-state index contributed by atoms with van der Waals surface area (Å²) in [5, 5.41) is 0. The Morgan fingerprint density at radius 2 is 1.52 bits per heavy atom. The number of carbonyl (C=O) groups is 1. The minimum atomic E-state index is -0.0503. The summed E-state index contributed by atoms with van der Waals surface area (Å²) in [6.45, 7) is 4.02. The molecular formula is C20H24N4O. The first-order valence-electron chi connectivity index (χ1n) is 8.95. The predicted octanol–water partition coefficient (Wildman–Crippen LogP) is 1.80. The minimum Gasteiger partial charge on any atom is -0.368 e. The number of rotatable bonds is 3. The van der Waals surface area contributed by atoms with Crippen LogP contribution in [0.25, 0.3) is 0 Å². The molecule has 2 saturated heterocycles. The van der Waals surface area contributed by atoms with Gasteiger partial charge in [-0.05, 0) is 17.7 Å². The Balaban J connectivity index is 1.40. The lowest BCUT2D eigenvalue weighted by atomic mass is 9.93. The Labute approximate surface area is 148 Å². The summed E-state index contributed by atoms with van der Waals surface area (Å²) in [7, 11) is 0. The summed E-state index contributed by atoms with van der Waals surface area (Å²) < 4.78 is 0. The van der Waals surface area contributed by atoms with E-state index in [-0.39, 0.29) is 17.9 Å². The van der Waals surface area contributed by atoms with Crippen LogP contribution in [0.1, 0.15) is 11.6 Å². The van der Waals surface area contributed by atoms with Gasteiger partial charge in [-0.25, -0.2) is 5.43 Å². The van der Waals surface area contributed by atoms with E-state index in [1.165, 1.54) is 5.69 Å². The van der Waals surface area contributed by atoms with Gasteiger partial charge in [0, 0.05) is 38.4 Å². The van der Waals surface area contributed by atoms with Crippen LogP contribution >= 0.6 is 0 Å². The van der Waals surface area contributed by atoms with E-state index in [9.17, 15) is 4.79 Å². The lowest BCUT2D eigenvalue weighted by Crippen LogP contribution is -2.51. The molecule has 0 aliphatic carbocycles. The standard InChI is InChI=1S/C20H24N4O/c25-20(18-15-21-22-19(18)16-7-3-1-4-8-16)24-13-11-23(12-14-24)17-9-5-2-6-10-17/h1-10,18-19,21-22H,11-15H2. The Morgan fingerprint density at radius 3 is 2.20 bits per heavy atom. The van der Waals surface area contributed by atoms with Crippen LogP contribution in [0.2, 0.25) is 0 Å². The zero-order chi connectivity index (χ0) is 17.1. The van der Waals surface area contributed by atoms with Gasteiger partial charge in [0.25, 0.3) is 0 Å². The molecule has 2 aliphatic heterocycles. The molecule has 2 heterocycles. The van der Waals surface area contributed by atoms with E-state index in [4.69, 9.17) is 0 Å². The van der Waals surface area contributed by atoms with Crippen LogP contribution in [0.5, 0.6) is 0 Å². The SMILES string of the molecule is O=C(C1CNNC1c1ccccc1)N1CCN(c2ccccc2)CC1. The van der Waals surface area contributed by atoms with Crippen molar-refractivity contribution >= 4 is 11.6 Å². The van der Waals surface area contributed by atoms with E-state index < -0.39 is 0 Å². The Morgan fingerprint density at radius 1 is 0.880 bits per heavy atom. The fraction of sp³-hybridized carbons (Fsp3) is 0.350. The number of nitrogens with zero attached hydrogens (tertiary/aromatic N) is 2. The van der Waals surface area contributed by atoms with Crippen LogP contribution in [0.4, 0.5) is 5.69 Å². The van der Waals surface area contributed by atoms with Crippen LogP contribution in [0.15, 0.2) is 60.7 Å². The summed E-state index contributed by atoms with van der Waals surface area (Å²) in [4.78, 5) is 17.4. The molecule has 0 spiro atoms. The third-order valence-electron chi connectivity index (χ3n) is 5.17. The highest BCUT2D eigenvalue weighted by Gasteiger charge is 2.37. The molecule has 0 aromatic heterocycles. The molecule has 2 fully saturated rings. The van der Waals surface area contributed by atoms with Crippen molar-refractivity contribution in [3.8, 4) is 0 Å². The number of para-hydroxylation sites is 1. The number of hydrogen-bond donors (Lipinski definition) is 2. The molecule has 2 aromatic rings. The minimum absolute atomic E-state index is 0.0425. The van der Waals surface area contributed by atoms with Crippen molar-refractivity contribution in [1.29, 1.82) is 0 Å². The topological polar surface area (TPSA) is 47.6 Å². The maximum absolute atomic E-state index is 13.1. The lowest BCUT2D eigenvalue weighted by molar-refractivity contribution is -0.135. The molecule has 2 atom stereocenters. The van der Waals surface area contributed by atoms with Gasteiger partial charge in [0.15, 0.2) is 0 Å². The first kappa shape index (κ1) is 16.1. The van der Waals surface area contributed by atoms with Crippen molar-refractivity contribution < 1.29 is 4.79 Å². The second-order valence-electron chi connectivity index (χ2n) is 6.67. The van der Waals surface area contributed by atoms with Gasteiger partial charge in [-0.1, -0.05) is 48.5 Å². The molecule has 130 valence electrons. The van der Waals surface area contributed by atoms with E-state index in [0.29, 0.717) is 6.54 Å². The van der Waals surface area contributed by atoms with Crippen molar-refractivity contribution in [2.75, 3.05) is 37.6 Å². The van der Waals surface area contributed by atoms with Gasteiger partial charge in [0.05, 0.1) is 12.0 Å². The zero-order valence-electron chi connectivity index (χ0n) is 14.3. The number of benzene rings is 2. The average molecular weight is 336 g/mol. The van der Waals surface area contributed by atoms with Gasteiger partial charge in [-0.15, -0.1) is 0 Å². The van der Waals surface area contributed by atoms with Gasteiger partial charge < -0.3 is 9.80 Å². The van der Waals surface area contributed by atoms with Gasteiger partial charge in [-0.3, -0.25) is 10.2 Å². The van der Waals surface area contributed by atoms with Crippen LogP contribution in [0.3, 0.4) is 0 Å². The first-order valence-corrected chi connectivity index (χ1v) is 8.95. The first-order chi connectivity index (χ1) is 12.3. The maximum Gasteiger partial charge on any atom is 0.229 e. The van der Waals surface area contributed by atoms with E-state index in [1.54, 1.807) is 0 Å². The average Bonchev–Trinajstić information content (AvgIpc) is 3.19. The molecule has 4 rings (SSSR count). The molecule has 0 radical (unpaired) electrons. The van der Waals surface area contributed by atoms with Crippen LogP contribution in [0, 0.1) is 5.92 Å². The molecule has 2 N–H and O–H groups in total. The van der Waals surface area contributed by atoms with E-state index in [0.717, 1.165) is 31.7 Å². The normalized spacial score (nSPS) is 23.7. The van der Waals surface area contributed by atoms with Crippen LogP contribution in [-0.2, 0) is 4.79 Å². The Bertz CT molecular complexity index is 698. The summed E-state index contributed by atoms with van der Waals surface area (Å²) in [5.74, 6) is 0.199. The van der Waals surface area contributed by atoms with Gasteiger partial charge >= 0.3 is 0 Å². The molecule has 5 nitrogen and oxygen atoms in total. The molecular weight excluding hydrogens is 312 g/mol. The summed E-state index contributed by atoms with van der Waals surface area (Å²) in [6, 6.07) is 20.7. The molecule has 2 aromatic carbocycles. The number of carbonyl (C=O) groups excluding carboxylic acids is 1. The fourth-order valence-corrected chi connectivity index (χ4v) is 3.76. The third kappa shape index (κ3) is 3.38. The summed E-state index contributed by atoms with van der Waals surface area (Å²) in [6.07, 6.45) is 0. The second-order valence-corrected chi connectivity index (χ2v) is 6.67.